The van der Waals surface area contributed by atoms with Crippen LogP contribution in [0.25, 0.3) is 0 Å². The second kappa shape index (κ2) is 5.38. The molecule has 5 nitrogen and oxygen atoms in total. The van der Waals surface area contributed by atoms with Gasteiger partial charge in [-0.15, -0.1) is 11.3 Å². The molecule has 1 aliphatic heterocycles. The van der Waals surface area contributed by atoms with E-state index >= 15 is 0 Å². The van der Waals surface area contributed by atoms with Crippen molar-refractivity contribution in [2.45, 2.75) is 49.8 Å². The van der Waals surface area contributed by atoms with Crippen LogP contribution in [0.5, 0.6) is 0 Å². The van der Waals surface area contributed by atoms with Crippen LogP contribution in [0.2, 0.25) is 0 Å². The molecule has 2 heterocycles. The van der Waals surface area contributed by atoms with E-state index in [0.717, 1.165) is 29.0 Å². The van der Waals surface area contributed by atoms with Gasteiger partial charge in [0.25, 0.3) is 0 Å². The summed E-state index contributed by atoms with van der Waals surface area (Å²) >= 11 is 1.44. The van der Waals surface area contributed by atoms with Crippen LogP contribution in [0.1, 0.15) is 29.0 Å². The summed E-state index contributed by atoms with van der Waals surface area (Å²) in [6.45, 7) is 2.84. The van der Waals surface area contributed by atoms with Crippen LogP contribution < -0.4 is 10.5 Å². The first-order chi connectivity index (χ1) is 9.51. The van der Waals surface area contributed by atoms with Gasteiger partial charge in [-0.1, -0.05) is 0 Å². The minimum Gasteiger partial charge on any atom is -0.376 e. The normalized spacial score (nSPS) is 27.1. The van der Waals surface area contributed by atoms with Gasteiger partial charge in [0, 0.05) is 22.9 Å². The lowest BCUT2D eigenvalue weighted by molar-refractivity contribution is 0.0848. The van der Waals surface area contributed by atoms with Crippen LogP contribution >= 0.6 is 11.3 Å². The standard InChI is InChI=1S/C13H20N2O3S2/c1-8-12(6-10(7-14)19-8)20(16,17)15-11-4-5-18-13(11)9-2-3-9/h6,9,11,13,15H,2-5,7,14H2,1H3. The number of ether oxygens (including phenoxy) is 1. The Morgan fingerprint density at radius 3 is 2.80 bits per heavy atom. The highest BCUT2D eigenvalue weighted by molar-refractivity contribution is 7.89. The minimum absolute atomic E-state index is 0.0534. The van der Waals surface area contributed by atoms with E-state index < -0.39 is 10.0 Å². The van der Waals surface area contributed by atoms with Crippen LogP contribution in [-0.4, -0.2) is 27.2 Å². The number of nitrogens with one attached hydrogen (secondary N) is 1. The van der Waals surface area contributed by atoms with Gasteiger partial charge < -0.3 is 10.5 Å². The molecule has 20 heavy (non-hydrogen) atoms. The van der Waals surface area contributed by atoms with Gasteiger partial charge in [0.05, 0.1) is 17.0 Å². The molecule has 7 heteroatoms. The van der Waals surface area contributed by atoms with E-state index in [1.165, 1.54) is 11.3 Å². The Bertz CT molecular complexity index is 593. The molecule has 1 aromatic heterocycles. The van der Waals surface area contributed by atoms with E-state index in [-0.39, 0.29) is 12.1 Å². The Balaban J connectivity index is 1.79. The molecule has 0 aromatic carbocycles. The van der Waals surface area contributed by atoms with Crippen LogP contribution in [0.3, 0.4) is 0 Å². The Morgan fingerprint density at radius 1 is 1.45 bits per heavy atom. The summed E-state index contributed by atoms with van der Waals surface area (Å²) < 4.78 is 33.6. The second-order valence-electron chi connectivity index (χ2n) is 5.53. The van der Waals surface area contributed by atoms with Crippen LogP contribution in [0, 0.1) is 12.8 Å². The van der Waals surface area contributed by atoms with Crippen LogP contribution in [-0.2, 0) is 21.3 Å². The molecule has 3 N–H and O–H groups in total. The van der Waals surface area contributed by atoms with Gasteiger partial charge in [-0.3, -0.25) is 0 Å². The van der Waals surface area contributed by atoms with Crippen LogP contribution in [0.15, 0.2) is 11.0 Å². The Kier molecular flexibility index (Phi) is 3.89. The molecule has 2 aliphatic rings. The smallest absolute Gasteiger partial charge is 0.242 e. The maximum Gasteiger partial charge on any atom is 0.242 e. The Hall–Kier alpha value is -0.470. The maximum absolute atomic E-state index is 12.5. The van der Waals surface area contributed by atoms with E-state index in [1.54, 1.807) is 6.07 Å². The van der Waals surface area contributed by atoms with Crippen molar-refractivity contribution in [2.75, 3.05) is 6.61 Å². The molecule has 0 radical (unpaired) electrons. The molecule has 1 saturated heterocycles. The summed E-state index contributed by atoms with van der Waals surface area (Å²) in [4.78, 5) is 2.05. The molecule has 2 atom stereocenters. The Labute approximate surface area is 123 Å². The van der Waals surface area contributed by atoms with E-state index in [9.17, 15) is 8.42 Å². The fourth-order valence-corrected chi connectivity index (χ4v) is 5.58. The zero-order chi connectivity index (χ0) is 14.3. The quantitative estimate of drug-likeness (QED) is 0.859. The van der Waals surface area contributed by atoms with E-state index in [2.05, 4.69) is 4.72 Å². The number of hydrogen-bond donors (Lipinski definition) is 2. The first-order valence-electron chi connectivity index (χ1n) is 6.94. The van der Waals surface area contributed by atoms with Crippen molar-refractivity contribution in [1.29, 1.82) is 0 Å². The highest BCUT2D eigenvalue weighted by Gasteiger charge is 2.42. The van der Waals surface area contributed by atoms with Crippen LogP contribution in [0.4, 0.5) is 0 Å². The lowest BCUT2D eigenvalue weighted by atomic mass is 10.1. The van der Waals surface area contributed by atoms with Crippen molar-refractivity contribution in [3.8, 4) is 0 Å². The number of thiophene rings is 1. The first kappa shape index (κ1) is 14.5. The van der Waals surface area contributed by atoms with Gasteiger partial charge in [0.15, 0.2) is 0 Å². The fourth-order valence-electron chi connectivity index (χ4n) is 2.78. The molecule has 1 aromatic rings. The summed E-state index contributed by atoms with van der Waals surface area (Å²) in [5, 5.41) is 0. The molecule has 2 unspecified atom stereocenters. The number of nitrogens with two attached hydrogens (primary N) is 1. The monoisotopic (exact) mass is 316 g/mol. The van der Waals surface area contributed by atoms with Crippen molar-refractivity contribution in [1.82, 2.24) is 4.72 Å². The molecule has 0 spiro atoms. The van der Waals surface area contributed by atoms with Crippen molar-refractivity contribution in [2.24, 2.45) is 11.7 Å². The molecule has 3 rings (SSSR count). The lowest BCUT2D eigenvalue weighted by Gasteiger charge is -2.19. The Morgan fingerprint density at radius 2 is 2.20 bits per heavy atom. The highest BCUT2D eigenvalue weighted by Crippen LogP contribution is 2.39. The molecule has 0 bridgehead atoms. The zero-order valence-corrected chi connectivity index (χ0v) is 13.1. The largest absolute Gasteiger partial charge is 0.376 e. The lowest BCUT2D eigenvalue weighted by Crippen LogP contribution is -2.41. The summed E-state index contributed by atoms with van der Waals surface area (Å²) in [6.07, 6.45) is 3.11. The van der Waals surface area contributed by atoms with Gasteiger partial charge in [0.1, 0.15) is 0 Å². The number of sulfonamides is 1. The van der Waals surface area contributed by atoms with E-state index in [1.807, 2.05) is 6.92 Å². The fraction of sp³-hybridized carbons (Fsp3) is 0.692. The third-order valence-electron chi connectivity index (χ3n) is 3.94. The summed E-state index contributed by atoms with van der Waals surface area (Å²) in [6, 6.07) is 1.60. The summed E-state index contributed by atoms with van der Waals surface area (Å²) in [5.41, 5.74) is 5.58. The number of rotatable bonds is 5. The predicted octanol–water partition coefficient (Wildman–Crippen LogP) is 1.36. The van der Waals surface area contributed by atoms with E-state index in [0.29, 0.717) is 24.0 Å². The third-order valence-corrected chi connectivity index (χ3v) is 6.76. The summed E-state index contributed by atoms with van der Waals surface area (Å²) in [5.74, 6) is 0.536. The van der Waals surface area contributed by atoms with Gasteiger partial charge in [0.2, 0.25) is 10.0 Å². The molecular formula is C13H20N2O3S2. The van der Waals surface area contributed by atoms with E-state index in [4.69, 9.17) is 10.5 Å². The van der Waals surface area contributed by atoms with Crippen molar-refractivity contribution >= 4 is 21.4 Å². The molecular weight excluding hydrogens is 296 g/mol. The number of aryl methyl sites for hydroxylation is 1. The average molecular weight is 316 g/mol. The highest BCUT2D eigenvalue weighted by atomic mass is 32.2. The SMILES string of the molecule is Cc1sc(CN)cc1S(=O)(=O)NC1CCOC1C1CC1. The molecule has 2 fully saturated rings. The molecule has 0 amide bonds. The third kappa shape index (κ3) is 2.78. The van der Waals surface area contributed by atoms with Gasteiger partial charge >= 0.3 is 0 Å². The zero-order valence-electron chi connectivity index (χ0n) is 11.5. The topological polar surface area (TPSA) is 81.4 Å². The van der Waals surface area contributed by atoms with Gasteiger partial charge in [-0.05, 0) is 38.2 Å². The number of hydrogen-bond acceptors (Lipinski definition) is 5. The van der Waals surface area contributed by atoms with Crippen molar-refractivity contribution < 1.29 is 13.2 Å². The molecule has 1 saturated carbocycles. The second-order valence-corrected chi connectivity index (χ2v) is 8.55. The predicted molar refractivity (Wildman–Crippen MR) is 78.1 cm³/mol. The van der Waals surface area contributed by atoms with Crippen molar-refractivity contribution in [3.63, 3.8) is 0 Å². The van der Waals surface area contributed by atoms with Crippen molar-refractivity contribution in [3.05, 3.63) is 15.8 Å². The summed E-state index contributed by atoms with van der Waals surface area (Å²) in [7, 11) is -3.48. The van der Waals surface area contributed by atoms with Gasteiger partial charge in [-0.25, -0.2) is 13.1 Å². The average Bonchev–Trinajstić information content (AvgIpc) is 3.01. The maximum atomic E-state index is 12.5. The molecule has 1 aliphatic carbocycles. The minimum atomic E-state index is -3.48. The molecule has 112 valence electrons. The van der Waals surface area contributed by atoms with Gasteiger partial charge in [-0.2, -0.15) is 0 Å². The first-order valence-corrected chi connectivity index (χ1v) is 9.24.